The molecule has 0 unspecified atom stereocenters. The molecule has 6 heteroatoms. The number of methoxy groups -OCH3 is 1. The molecule has 2 aromatic carbocycles. The summed E-state index contributed by atoms with van der Waals surface area (Å²) in [4.78, 5) is 14.7. The summed E-state index contributed by atoms with van der Waals surface area (Å²) in [6, 6.07) is 13.6. The molecule has 28 heavy (non-hydrogen) atoms. The summed E-state index contributed by atoms with van der Waals surface area (Å²) >= 11 is 6.02. The maximum absolute atomic E-state index is 12.3. The lowest BCUT2D eigenvalue weighted by molar-refractivity contribution is -0.123. The van der Waals surface area contributed by atoms with E-state index in [0.717, 1.165) is 24.4 Å². The van der Waals surface area contributed by atoms with Gasteiger partial charge in [-0.05, 0) is 74.3 Å². The van der Waals surface area contributed by atoms with Crippen LogP contribution in [0.5, 0.6) is 11.5 Å². The average Bonchev–Trinajstić information content (AvgIpc) is 3.24. The lowest BCUT2D eigenvalue weighted by Crippen LogP contribution is -2.38. The van der Waals surface area contributed by atoms with Crippen molar-refractivity contribution in [3.05, 3.63) is 58.6 Å². The molecule has 3 rings (SSSR count). The summed E-state index contributed by atoms with van der Waals surface area (Å²) in [6.45, 7) is 4.54. The van der Waals surface area contributed by atoms with E-state index in [1.807, 2.05) is 25.1 Å². The summed E-state index contributed by atoms with van der Waals surface area (Å²) in [5, 5.41) is 3.71. The van der Waals surface area contributed by atoms with E-state index in [2.05, 4.69) is 22.3 Å². The highest BCUT2D eigenvalue weighted by Gasteiger charge is 2.24. The van der Waals surface area contributed by atoms with Crippen LogP contribution in [-0.4, -0.2) is 44.2 Å². The Hall–Kier alpha value is -2.24. The fourth-order valence-corrected chi connectivity index (χ4v) is 3.57. The maximum Gasteiger partial charge on any atom is 0.258 e. The third-order valence-electron chi connectivity index (χ3n) is 5.07. The zero-order chi connectivity index (χ0) is 19.9. The predicted octanol–water partition coefficient (Wildman–Crippen LogP) is 3.99. The second kappa shape index (κ2) is 9.80. The molecule has 2 aromatic rings. The van der Waals surface area contributed by atoms with Crippen molar-refractivity contribution in [2.45, 2.75) is 25.8 Å². The third kappa shape index (κ3) is 5.40. The number of ether oxygens (including phenoxy) is 2. The van der Waals surface area contributed by atoms with Crippen LogP contribution in [0.25, 0.3) is 0 Å². The lowest BCUT2D eigenvalue weighted by Gasteiger charge is -2.28. The van der Waals surface area contributed by atoms with Gasteiger partial charge in [-0.15, -0.1) is 0 Å². The van der Waals surface area contributed by atoms with E-state index in [1.165, 1.54) is 18.4 Å². The zero-order valence-corrected chi connectivity index (χ0v) is 17.2. The van der Waals surface area contributed by atoms with Crippen LogP contribution in [0.4, 0.5) is 0 Å². The van der Waals surface area contributed by atoms with Gasteiger partial charge in [-0.25, -0.2) is 0 Å². The number of hydrogen-bond donors (Lipinski definition) is 1. The minimum absolute atomic E-state index is 0.0175. The molecule has 5 nitrogen and oxygen atoms in total. The SMILES string of the molecule is COc1ccc([C@H](CNC(=O)COc2ccc(Cl)c(C)c2)N2CCCC2)cc1. The molecule has 1 aliphatic heterocycles. The number of halogens is 1. The Morgan fingerprint density at radius 3 is 2.46 bits per heavy atom. The molecule has 1 heterocycles. The fraction of sp³-hybridized carbons (Fsp3) is 0.409. The van der Waals surface area contributed by atoms with E-state index in [9.17, 15) is 4.79 Å². The van der Waals surface area contributed by atoms with Crippen LogP contribution in [0, 0.1) is 6.92 Å². The van der Waals surface area contributed by atoms with Gasteiger partial charge in [0.15, 0.2) is 6.61 Å². The smallest absolute Gasteiger partial charge is 0.258 e. The van der Waals surface area contributed by atoms with Gasteiger partial charge in [0.2, 0.25) is 0 Å². The Labute approximate surface area is 171 Å². The van der Waals surface area contributed by atoms with Gasteiger partial charge in [-0.1, -0.05) is 23.7 Å². The van der Waals surface area contributed by atoms with Crippen molar-refractivity contribution in [1.82, 2.24) is 10.2 Å². The fourth-order valence-electron chi connectivity index (χ4n) is 3.45. The Bertz CT molecular complexity index is 789. The summed E-state index contributed by atoms with van der Waals surface area (Å²) in [5.74, 6) is 1.34. The number of nitrogens with zero attached hydrogens (tertiary/aromatic N) is 1. The zero-order valence-electron chi connectivity index (χ0n) is 16.4. The molecule has 1 N–H and O–H groups in total. The van der Waals surface area contributed by atoms with Crippen molar-refractivity contribution in [2.75, 3.05) is 33.4 Å². The minimum Gasteiger partial charge on any atom is -0.497 e. The highest BCUT2D eigenvalue weighted by molar-refractivity contribution is 6.31. The van der Waals surface area contributed by atoms with E-state index >= 15 is 0 Å². The standard InChI is InChI=1S/C22H27ClN2O3/c1-16-13-19(9-10-20(16)23)28-15-22(26)24-14-21(25-11-3-4-12-25)17-5-7-18(27-2)8-6-17/h5-10,13,21H,3-4,11-12,14-15H2,1-2H3,(H,24,26)/t21-/m0/s1. The highest BCUT2D eigenvalue weighted by atomic mass is 35.5. The van der Waals surface area contributed by atoms with Crippen LogP contribution in [0.3, 0.4) is 0 Å². The molecule has 0 saturated carbocycles. The summed E-state index contributed by atoms with van der Waals surface area (Å²) in [6.07, 6.45) is 2.39. The van der Waals surface area contributed by atoms with E-state index in [0.29, 0.717) is 17.3 Å². The first-order chi connectivity index (χ1) is 13.6. The molecule has 0 aliphatic carbocycles. The van der Waals surface area contributed by atoms with Gasteiger partial charge in [0.25, 0.3) is 5.91 Å². The molecule has 1 amide bonds. The number of hydrogen-bond acceptors (Lipinski definition) is 4. The number of benzene rings is 2. The largest absolute Gasteiger partial charge is 0.497 e. The van der Waals surface area contributed by atoms with Crippen LogP contribution in [0.15, 0.2) is 42.5 Å². The molecule has 150 valence electrons. The first-order valence-electron chi connectivity index (χ1n) is 9.60. The Balaban J connectivity index is 1.57. The van der Waals surface area contributed by atoms with Gasteiger partial charge < -0.3 is 14.8 Å². The maximum atomic E-state index is 12.3. The number of aryl methyl sites for hydroxylation is 1. The number of amides is 1. The Morgan fingerprint density at radius 1 is 1.14 bits per heavy atom. The molecular weight excluding hydrogens is 376 g/mol. The van der Waals surface area contributed by atoms with Crippen molar-refractivity contribution in [3.63, 3.8) is 0 Å². The van der Waals surface area contributed by atoms with Crippen LogP contribution >= 0.6 is 11.6 Å². The third-order valence-corrected chi connectivity index (χ3v) is 5.50. The van der Waals surface area contributed by atoms with Crippen LogP contribution in [0.2, 0.25) is 5.02 Å². The summed E-state index contributed by atoms with van der Waals surface area (Å²) in [7, 11) is 1.66. The molecule has 0 aromatic heterocycles. The second-order valence-corrected chi connectivity index (χ2v) is 7.44. The van der Waals surface area contributed by atoms with Crippen molar-refractivity contribution in [1.29, 1.82) is 0 Å². The highest BCUT2D eigenvalue weighted by Crippen LogP contribution is 2.26. The van der Waals surface area contributed by atoms with Crippen molar-refractivity contribution in [3.8, 4) is 11.5 Å². The van der Waals surface area contributed by atoms with Crippen LogP contribution in [-0.2, 0) is 4.79 Å². The number of carbonyl (C=O) groups is 1. The van der Waals surface area contributed by atoms with E-state index in [-0.39, 0.29) is 18.6 Å². The number of rotatable bonds is 8. The molecule has 1 fully saturated rings. The second-order valence-electron chi connectivity index (χ2n) is 7.04. The van der Waals surface area contributed by atoms with Gasteiger partial charge in [-0.2, -0.15) is 0 Å². The van der Waals surface area contributed by atoms with Gasteiger partial charge in [0, 0.05) is 11.6 Å². The summed E-state index contributed by atoms with van der Waals surface area (Å²) in [5.41, 5.74) is 2.10. The first kappa shape index (κ1) is 20.5. The lowest BCUT2D eigenvalue weighted by atomic mass is 10.1. The van der Waals surface area contributed by atoms with Crippen molar-refractivity contribution in [2.24, 2.45) is 0 Å². The molecule has 0 spiro atoms. The van der Waals surface area contributed by atoms with E-state index in [1.54, 1.807) is 19.2 Å². The van der Waals surface area contributed by atoms with Crippen molar-refractivity contribution >= 4 is 17.5 Å². The number of carbonyl (C=O) groups excluding carboxylic acids is 1. The molecular formula is C22H27ClN2O3. The van der Waals surface area contributed by atoms with Crippen LogP contribution < -0.4 is 14.8 Å². The Kier molecular flexibility index (Phi) is 7.18. The topological polar surface area (TPSA) is 50.8 Å². The van der Waals surface area contributed by atoms with Crippen molar-refractivity contribution < 1.29 is 14.3 Å². The monoisotopic (exact) mass is 402 g/mol. The molecule has 1 atom stereocenters. The van der Waals surface area contributed by atoms with E-state index < -0.39 is 0 Å². The normalized spacial score (nSPS) is 15.2. The minimum atomic E-state index is -0.134. The van der Waals surface area contributed by atoms with Gasteiger partial charge in [-0.3, -0.25) is 9.69 Å². The predicted molar refractivity (Wildman–Crippen MR) is 111 cm³/mol. The van der Waals surface area contributed by atoms with E-state index in [4.69, 9.17) is 21.1 Å². The number of likely N-dealkylation sites (tertiary alicyclic amines) is 1. The van der Waals surface area contributed by atoms with Gasteiger partial charge >= 0.3 is 0 Å². The number of nitrogens with one attached hydrogen (secondary N) is 1. The average molecular weight is 403 g/mol. The molecule has 1 saturated heterocycles. The summed E-state index contributed by atoms with van der Waals surface area (Å²) < 4.78 is 10.9. The van der Waals surface area contributed by atoms with Gasteiger partial charge in [0.1, 0.15) is 11.5 Å². The quantitative estimate of drug-likeness (QED) is 0.725. The van der Waals surface area contributed by atoms with Crippen LogP contribution in [0.1, 0.15) is 30.0 Å². The molecule has 1 aliphatic rings. The first-order valence-corrected chi connectivity index (χ1v) is 9.98. The molecule has 0 radical (unpaired) electrons. The Morgan fingerprint density at radius 2 is 1.82 bits per heavy atom. The molecule has 0 bridgehead atoms. The van der Waals surface area contributed by atoms with Gasteiger partial charge in [0.05, 0.1) is 13.2 Å².